The van der Waals surface area contributed by atoms with E-state index in [0.717, 1.165) is 12.1 Å². The Bertz CT molecular complexity index is 526. The number of nitrogens with zero attached hydrogens (tertiary/aromatic N) is 3. The SMILES string of the molecule is N#Cc1cc(C(=O)[O-])cc(C#N)c1C#N.[K+]. The zero-order valence-electron chi connectivity index (χ0n) is 8.31. The van der Waals surface area contributed by atoms with Crippen LogP contribution < -0.4 is 56.5 Å². The Labute approximate surface area is 134 Å². The van der Waals surface area contributed by atoms with Crippen molar-refractivity contribution < 1.29 is 61.3 Å². The normalized spacial score (nSPS) is 7.81. The Balaban J connectivity index is 0.00000225. The number of hydrogen-bond acceptors (Lipinski definition) is 5. The number of rotatable bonds is 1. The summed E-state index contributed by atoms with van der Waals surface area (Å²) in [5.74, 6) is -1.49. The van der Waals surface area contributed by atoms with E-state index in [2.05, 4.69) is 0 Å². The van der Waals surface area contributed by atoms with E-state index >= 15 is 0 Å². The van der Waals surface area contributed by atoms with Gasteiger partial charge in [-0.25, -0.2) is 0 Å². The van der Waals surface area contributed by atoms with Crippen LogP contribution in [0.25, 0.3) is 0 Å². The molecule has 0 unspecified atom stereocenters. The van der Waals surface area contributed by atoms with E-state index in [1.54, 1.807) is 18.2 Å². The minimum Gasteiger partial charge on any atom is -0.545 e. The van der Waals surface area contributed by atoms with Crippen LogP contribution in [-0.4, -0.2) is 5.97 Å². The molecule has 0 N–H and O–H groups in total. The molecule has 16 heavy (non-hydrogen) atoms. The average molecular weight is 235 g/mol. The van der Waals surface area contributed by atoms with Crippen molar-refractivity contribution in [1.29, 1.82) is 15.8 Å². The molecule has 0 atom stereocenters. The van der Waals surface area contributed by atoms with Crippen LogP contribution in [0.15, 0.2) is 12.1 Å². The van der Waals surface area contributed by atoms with Crippen LogP contribution >= 0.6 is 0 Å². The van der Waals surface area contributed by atoms with E-state index in [0.29, 0.717) is 0 Å². The minimum absolute atomic E-state index is 0. The summed E-state index contributed by atoms with van der Waals surface area (Å²) in [5.41, 5.74) is -0.696. The van der Waals surface area contributed by atoms with Gasteiger partial charge in [0.15, 0.2) is 0 Å². The van der Waals surface area contributed by atoms with E-state index < -0.39 is 5.97 Å². The second-order valence-electron chi connectivity index (χ2n) is 2.57. The monoisotopic (exact) mass is 235 g/mol. The van der Waals surface area contributed by atoms with Gasteiger partial charge < -0.3 is 9.90 Å². The zero-order chi connectivity index (χ0) is 11.4. The Kier molecular flexibility index (Phi) is 5.91. The van der Waals surface area contributed by atoms with Crippen LogP contribution in [0.3, 0.4) is 0 Å². The van der Waals surface area contributed by atoms with Gasteiger partial charge in [-0.15, -0.1) is 0 Å². The largest absolute Gasteiger partial charge is 1.00 e. The van der Waals surface area contributed by atoms with Crippen molar-refractivity contribution >= 4 is 5.97 Å². The number of carboxylic acids is 1. The number of hydrogen-bond donors (Lipinski definition) is 0. The van der Waals surface area contributed by atoms with Crippen molar-refractivity contribution in [2.24, 2.45) is 0 Å². The second kappa shape index (κ2) is 6.39. The molecule has 0 saturated heterocycles. The molecule has 0 aliphatic heterocycles. The van der Waals surface area contributed by atoms with Gasteiger partial charge in [0.2, 0.25) is 0 Å². The van der Waals surface area contributed by atoms with Gasteiger partial charge >= 0.3 is 51.4 Å². The van der Waals surface area contributed by atoms with Crippen LogP contribution in [0.1, 0.15) is 27.0 Å². The molecular formula is C10H2KN3O2. The van der Waals surface area contributed by atoms with Crippen molar-refractivity contribution in [2.45, 2.75) is 0 Å². The van der Waals surface area contributed by atoms with Gasteiger partial charge in [-0.1, -0.05) is 0 Å². The van der Waals surface area contributed by atoms with E-state index in [1.807, 2.05) is 0 Å². The van der Waals surface area contributed by atoms with Gasteiger partial charge in [0.1, 0.15) is 18.2 Å². The molecule has 0 radical (unpaired) electrons. The van der Waals surface area contributed by atoms with Gasteiger partial charge in [-0.3, -0.25) is 0 Å². The first kappa shape index (κ1) is 14.8. The van der Waals surface area contributed by atoms with Crippen LogP contribution in [0, 0.1) is 34.0 Å². The first-order valence-electron chi connectivity index (χ1n) is 3.73. The van der Waals surface area contributed by atoms with Crippen LogP contribution in [0.5, 0.6) is 0 Å². The fraction of sp³-hybridized carbons (Fsp3) is 0. The molecule has 0 aromatic heterocycles. The zero-order valence-corrected chi connectivity index (χ0v) is 11.4. The maximum absolute atomic E-state index is 10.5. The maximum atomic E-state index is 10.5. The topological polar surface area (TPSA) is 112 Å². The summed E-state index contributed by atoms with van der Waals surface area (Å²) in [7, 11) is 0. The van der Waals surface area contributed by atoms with Gasteiger partial charge in [-0.05, 0) is 17.7 Å². The van der Waals surface area contributed by atoms with E-state index in [-0.39, 0.29) is 73.6 Å². The van der Waals surface area contributed by atoms with Crippen molar-refractivity contribution in [3.05, 3.63) is 34.4 Å². The molecule has 5 nitrogen and oxygen atoms in total. The molecular weight excluding hydrogens is 233 g/mol. The summed E-state index contributed by atoms with van der Waals surface area (Å²) < 4.78 is 0. The number of carboxylic acid groups (broad SMARTS) is 1. The number of aromatic carboxylic acids is 1. The fourth-order valence-electron chi connectivity index (χ4n) is 1.06. The molecule has 1 aromatic carbocycles. The molecule has 0 fully saturated rings. The van der Waals surface area contributed by atoms with Crippen LogP contribution in [0.4, 0.5) is 0 Å². The Morgan fingerprint density at radius 2 is 1.50 bits per heavy atom. The fourth-order valence-corrected chi connectivity index (χ4v) is 1.06. The Morgan fingerprint density at radius 1 is 1.06 bits per heavy atom. The third-order valence-corrected chi connectivity index (χ3v) is 1.73. The molecule has 0 heterocycles. The molecule has 1 aromatic rings. The number of nitriles is 3. The standard InChI is InChI=1S/C10H3N3O2.K/c11-3-7-1-6(10(14)15)2-8(4-12)9(7)5-13;/h1-2H,(H,14,15);/q;+1/p-1. The maximum Gasteiger partial charge on any atom is 1.00 e. The van der Waals surface area contributed by atoms with Gasteiger partial charge in [0.05, 0.1) is 22.7 Å². The summed E-state index contributed by atoms with van der Waals surface area (Å²) in [5, 5.41) is 36.5. The molecule has 0 bridgehead atoms. The predicted molar refractivity (Wildman–Crippen MR) is 44.9 cm³/mol. The molecule has 0 amide bonds. The van der Waals surface area contributed by atoms with Crippen LogP contribution in [0.2, 0.25) is 0 Å². The molecule has 0 aliphatic carbocycles. The van der Waals surface area contributed by atoms with E-state index in [1.165, 1.54) is 0 Å². The van der Waals surface area contributed by atoms with E-state index in [9.17, 15) is 9.90 Å². The van der Waals surface area contributed by atoms with Gasteiger partial charge in [-0.2, -0.15) is 15.8 Å². The summed E-state index contributed by atoms with van der Waals surface area (Å²) in [6.45, 7) is 0. The predicted octanol–water partition coefficient (Wildman–Crippen LogP) is -3.33. The molecule has 6 heteroatoms. The molecule has 70 valence electrons. The van der Waals surface area contributed by atoms with E-state index in [4.69, 9.17) is 15.8 Å². The van der Waals surface area contributed by atoms with Crippen molar-refractivity contribution in [1.82, 2.24) is 0 Å². The quantitative estimate of drug-likeness (QED) is 0.472. The Morgan fingerprint density at radius 3 is 1.75 bits per heavy atom. The second-order valence-corrected chi connectivity index (χ2v) is 2.57. The van der Waals surface area contributed by atoms with Gasteiger partial charge in [0.25, 0.3) is 0 Å². The third-order valence-electron chi connectivity index (χ3n) is 1.73. The summed E-state index contributed by atoms with van der Waals surface area (Å²) in [6.07, 6.45) is 0. The molecule has 0 aliphatic rings. The number of benzene rings is 1. The number of carbonyl (C=O) groups excluding carboxylic acids is 1. The summed E-state index contributed by atoms with van der Waals surface area (Å²) >= 11 is 0. The summed E-state index contributed by atoms with van der Waals surface area (Å²) in [6, 6.07) is 6.99. The number of carbonyl (C=O) groups is 1. The molecule has 0 spiro atoms. The first-order chi connectivity index (χ1) is 7.13. The van der Waals surface area contributed by atoms with Crippen molar-refractivity contribution in [3.8, 4) is 18.2 Å². The smallest absolute Gasteiger partial charge is 0.545 e. The van der Waals surface area contributed by atoms with Crippen LogP contribution in [-0.2, 0) is 0 Å². The minimum atomic E-state index is -1.49. The molecule has 0 saturated carbocycles. The Hall–Kier alpha value is -1.20. The molecule has 1 rings (SSSR count). The third kappa shape index (κ3) is 2.90. The average Bonchev–Trinajstić information content (AvgIpc) is 2.26. The summed E-state index contributed by atoms with van der Waals surface area (Å²) in [4.78, 5) is 10.5. The van der Waals surface area contributed by atoms with Crippen molar-refractivity contribution in [3.63, 3.8) is 0 Å². The first-order valence-corrected chi connectivity index (χ1v) is 3.73. The van der Waals surface area contributed by atoms with Crippen molar-refractivity contribution in [2.75, 3.05) is 0 Å². The van der Waals surface area contributed by atoms with Gasteiger partial charge in [0, 0.05) is 0 Å².